The van der Waals surface area contributed by atoms with Crippen LogP contribution in [0.15, 0.2) is 48.5 Å². The molecule has 98 valence electrons. The van der Waals surface area contributed by atoms with Crippen LogP contribution in [0.3, 0.4) is 0 Å². The number of aryl methyl sites for hydroxylation is 4. The van der Waals surface area contributed by atoms with E-state index < -0.39 is 0 Å². The van der Waals surface area contributed by atoms with Crippen LogP contribution in [0.4, 0.5) is 0 Å². The molecule has 0 bridgehead atoms. The van der Waals surface area contributed by atoms with Crippen molar-refractivity contribution in [1.29, 1.82) is 0 Å². The molecule has 0 aliphatic carbocycles. The molecule has 2 rings (SSSR count). The van der Waals surface area contributed by atoms with Gasteiger partial charge in [0.05, 0.1) is 0 Å². The molecule has 0 fully saturated rings. The molecule has 0 amide bonds. The second kappa shape index (κ2) is 9.40. The van der Waals surface area contributed by atoms with Gasteiger partial charge in [-0.05, 0) is 49.9 Å². The first-order valence-corrected chi connectivity index (χ1v) is 5.85. The molecule has 0 saturated heterocycles. The summed E-state index contributed by atoms with van der Waals surface area (Å²) < 4.78 is 0. The van der Waals surface area contributed by atoms with Crippen molar-refractivity contribution in [3.05, 3.63) is 70.8 Å². The van der Waals surface area contributed by atoms with Gasteiger partial charge in [-0.2, -0.15) is 0 Å². The predicted molar refractivity (Wildman–Crippen MR) is 77.1 cm³/mol. The lowest BCUT2D eigenvalue weighted by molar-refractivity contribution is -0.176. The Balaban J connectivity index is 0.000000283. The maximum absolute atomic E-state index is 6.00. The van der Waals surface area contributed by atoms with E-state index in [1.54, 1.807) is 0 Å². The predicted octanol–water partition coefficient (Wildman–Crippen LogP) is 4.62. The van der Waals surface area contributed by atoms with Gasteiger partial charge in [0, 0.05) is 0 Å². The topological polar surface area (TPSA) is 40.5 Å². The monoisotopic (exact) mass is 246 g/mol. The SMILES string of the molecule is Cc1ccccc1C.Cc1ccccc1C.OO. The van der Waals surface area contributed by atoms with Crippen LogP contribution in [0, 0.1) is 27.7 Å². The third kappa shape index (κ3) is 6.18. The molecule has 0 aliphatic rings. The molecule has 0 atom stereocenters. The van der Waals surface area contributed by atoms with E-state index in [4.69, 9.17) is 10.5 Å². The smallest absolute Gasteiger partial charge is 0.0395 e. The first-order valence-electron chi connectivity index (χ1n) is 5.85. The molecule has 0 saturated carbocycles. The van der Waals surface area contributed by atoms with Crippen molar-refractivity contribution in [1.82, 2.24) is 0 Å². The number of hydrogen-bond acceptors (Lipinski definition) is 2. The number of rotatable bonds is 0. The van der Waals surface area contributed by atoms with Crippen LogP contribution in [0.2, 0.25) is 0 Å². The summed E-state index contributed by atoms with van der Waals surface area (Å²) in [4.78, 5) is 0. The van der Waals surface area contributed by atoms with Gasteiger partial charge < -0.3 is 0 Å². The van der Waals surface area contributed by atoms with Gasteiger partial charge in [-0.1, -0.05) is 48.5 Å². The van der Waals surface area contributed by atoms with Gasteiger partial charge in [-0.3, -0.25) is 10.5 Å². The summed E-state index contributed by atoms with van der Waals surface area (Å²) in [5, 5.41) is 12.0. The Hall–Kier alpha value is -1.64. The van der Waals surface area contributed by atoms with E-state index >= 15 is 0 Å². The van der Waals surface area contributed by atoms with Gasteiger partial charge >= 0.3 is 0 Å². The fraction of sp³-hybridized carbons (Fsp3) is 0.250. The summed E-state index contributed by atoms with van der Waals surface area (Å²) in [6.07, 6.45) is 0. The minimum absolute atomic E-state index is 1.37. The standard InChI is InChI=1S/2C8H10.H2O2/c2*1-7-5-3-4-6-8(7)2;1-2/h2*3-6H,1-2H3;1-2H. The van der Waals surface area contributed by atoms with E-state index in [1.807, 2.05) is 0 Å². The highest BCUT2D eigenvalue weighted by Crippen LogP contribution is 2.03. The van der Waals surface area contributed by atoms with Gasteiger partial charge in [0.2, 0.25) is 0 Å². The summed E-state index contributed by atoms with van der Waals surface area (Å²) in [6.45, 7) is 8.48. The second-order valence-corrected chi connectivity index (χ2v) is 4.17. The van der Waals surface area contributed by atoms with Crippen molar-refractivity contribution in [2.75, 3.05) is 0 Å². The fourth-order valence-corrected chi connectivity index (χ4v) is 1.33. The van der Waals surface area contributed by atoms with Crippen molar-refractivity contribution < 1.29 is 10.5 Å². The third-order valence-electron chi connectivity index (χ3n) is 2.85. The van der Waals surface area contributed by atoms with Gasteiger partial charge in [-0.25, -0.2) is 0 Å². The number of hydrogen-bond donors (Lipinski definition) is 2. The van der Waals surface area contributed by atoms with Gasteiger partial charge in [0.1, 0.15) is 0 Å². The van der Waals surface area contributed by atoms with Crippen LogP contribution in [0.5, 0.6) is 0 Å². The molecule has 2 aromatic rings. The van der Waals surface area contributed by atoms with Crippen molar-refractivity contribution in [2.24, 2.45) is 0 Å². The zero-order chi connectivity index (χ0) is 14.0. The quantitative estimate of drug-likeness (QED) is 0.526. The Kier molecular flexibility index (Phi) is 8.54. The Morgan fingerprint density at radius 3 is 0.778 bits per heavy atom. The fourth-order valence-electron chi connectivity index (χ4n) is 1.33. The third-order valence-corrected chi connectivity index (χ3v) is 2.85. The maximum atomic E-state index is 6.00. The van der Waals surface area contributed by atoms with E-state index in [0.717, 1.165) is 0 Å². The van der Waals surface area contributed by atoms with Crippen LogP contribution < -0.4 is 0 Å². The molecule has 0 spiro atoms. The molecule has 2 N–H and O–H groups in total. The maximum Gasteiger partial charge on any atom is -0.0395 e. The summed E-state index contributed by atoms with van der Waals surface area (Å²) in [6, 6.07) is 16.7. The van der Waals surface area contributed by atoms with Crippen LogP contribution in [0.25, 0.3) is 0 Å². The summed E-state index contributed by atoms with van der Waals surface area (Å²) in [7, 11) is 0. The normalized spacial score (nSPS) is 8.56. The Bertz CT molecular complexity index is 365. The first-order chi connectivity index (χ1) is 8.61. The van der Waals surface area contributed by atoms with Crippen molar-refractivity contribution in [3.8, 4) is 0 Å². The molecule has 0 radical (unpaired) electrons. The Morgan fingerprint density at radius 2 is 0.667 bits per heavy atom. The molecule has 2 heteroatoms. The second-order valence-electron chi connectivity index (χ2n) is 4.17. The molecule has 0 aromatic heterocycles. The highest BCUT2D eigenvalue weighted by molar-refractivity contribution is 5.23. The lowest BCUT2D eigenvalue weighted by Gasteiger charge is -1.93. The lowest BCUT2D eigenvalue weighted by Crippen LogP contribution is -1.74. The van der Waals surface area contributed by atoms with Crippen LogP contribution >= 0.6 is 0 Å². The van der Waals surface area contributed by atoms with E-state index in [2.05, 4.69) is 76.2 Å². The summed E-state index contributed by atoms with van der Waals surface area (Å²) >= 11 is 0. The van der Waals surface area contributed by atoms with Crippen molar-refractivity contribution >= 4 is 0 Å². The Morgan fingerprint density at radius 1 is 0.500 bits per heavy atom. The van der Waals surface area contributed by atoms with E-state index in [9.17, 15) is 0 Å². The molecular weight excluding hydrogens is 224 g/mol. The van der Waals surface area contributed by atoms with Crippen molar-refractivity contribution in [2.45, 2.75) is 27.7 Å². The summed E-state index contributed by atoms with van der Waals surface area (Å²) in [5.74, 6) is 0. The highest BCUT2D eigenvalue weighted by Gasteiger charge is 1.84. The van der Waals surface area contributed by atoms with E-state index in [1.165, 1.54) is 22.3 Å². The van der Waals surface area contributed by atoms with E-state index in [-0.39, 0.29) is 0 Å². The Labute approximate surface area is 109 Å². The molecule has 18 heavy (non-hydrogen) atoms. The molecule has 0 aliphatic heterocycles. The average molecular weight is 246 g/mol. The van der Waals surface area contributed by atoms with Crippen LogP contribution in [-0.4, -0.2) is 10.5 Å². The average Bonchev–Trinajstić information content (AvgIpc) is 2.40. The summed E-state index contributed by atoms with van der Waals surface area (Å²) in [5.41, 5.74) is 5.47. The largest absolute Gasteiger partial charge is 0.255 e. The van der Waals surface area contributed by atoms with Gasteiger partial charge in [0.15, 0.2) is 0 Å². The van der Waals surface area contributed by atoms with Crippen molar-refractivity contribution in [3.63, 3.8) is 0 Å². The minimum Gasteiger partial charge on any atom is -0.255 e. The zero-order valence-corrected chi connectivity index (χ0v) is 11.5. The van der Waals surface area contributed by atoms with Gasteiger partial charge in [0.25, 0.3) is 0 Å². The molecule has 0 heterocycles. The minimum atomic E-state index is 1.37. The molecule has 2 aromatic carbocycles. The van der Waals surface area contributed by atoms with Crippen LogP contribution in [0.1, 0.15) is 22.3 Å². The first kappa shape index (κ1) is 16.4. The van der Waals surface area contributed by atoms with E-state index in [0.29, 0.717) is 0 Å². The number of benzene rings is 2. The molecular formula is C16H22O2. The van der Waals surface area contributed by atoms with Gasteiger partial charge in [-0.15, -0.1) is 0 Å². The van der Waals surface area contributed by atoms with Crippen LogP contribution in [-0.2, 0) is 0 Å². The zero-order valence-electron chi connectivity index (χ0n) is 11.5. The molecule has 2 nitrogen and oxygen atoms in total. The molecule has 0 unspecified atom stereocenters. The lowest BCUT2D eigenvalue weighted by atomic mass is 10.1. The highest BCUT2D eigenvalue weighted by atomic mass is 17.0.